The van der Waals surface area contributed by atoms with Crippen molar-refractivity contribution in [2.45, 2.75) is 6.10 Å². The molecule has 0 aromatic heterocycles. The number of methoxy groups -OCH3 is 1. The Hall–Kier alpha value is -1.79. The van der Waals surface area contributed by atoms with Crippen LogP contribution in [0.4, 0.5) is 11.4 Å². The second-order valence-corrected chi connectivity index (χ2v) is 3.89. The van der Waals surface area contributed by atoms with Crippen LogP contribution in [0, 0.1) is 0 Å². The van der Waals surface area contributed by atoms with Crippen LogP contribution in [0.3, 0.4) is 0 Å². The Morgan fingerprint density at radius 1 is 1.47 bits per heavy atom. The van der Waals surface area contributed by atoms with Crippen LogP contribution in [0.5, 0.6) is 0 Å². The molecule has 0 radical (unpaired) electrons. The fourth-order valence-corrected chi connectivity index (χ4v) is 1.88. The minimum absolute atomic E-state index is 0.620. The molecule has 0 bridgehead atoms. The first-order chi connectivity index (χ1) is 8.04. The third kappa shape index (κ3) is 1.92. The number of rotatable bonds is 3. The van der Waals surface area contributed by atoms with E-state index in [2.05, 4.69) is 5.43 Å². The van der Waals surface area contributed by atoms with Crippen molar-refractivity contribution >= 4 is 17.3 Å². The number of fused-ring (bicyclic) bond motifs is 1. The highest BCUT2D eigenvalue weighted by molar-refractivity contribution is 5.78. The van der Waals surface area contributed by atoms with Gasteiger partial charge in [-0.1, -0.05) is 6.07 Å². The zero-order chi connectivity index (χ0) is 12.6. The quantitative estimate of drug-likeness (QED) is 0.820. The minimum atomic E-state index is -0.993. The highest BCUT2D eigenvalue weighted by Gasteiger charge is 2.24. The van der Waals surface area contributed by atoms with Gasteiger partial charge in [-0.15, -0.1) is 5.12 Å². The van der Waals surface area contributed by atoms with Gasteiger partial charge in [0.15, 0.2) is 6.10 Å². The van der Waals surface area contributed by atoms with E-state index in [4.69, 9.17) is 9.84 Å². The topological polar surface area (TPSA) is 65.0 Å². The predicted molar refractivity (Wildman–Crippen MR) is 63.6 cm³/mol. The zero-order valence-corrected chi connectivity index (χ0v) is 9.97. The number of hydrogen-bond donors (Lipinski definition) is 2. The monoisotopic (exact) mass is 237 g/mol. The molecule has 17 heavy (non-hydrogen) atoms. The normalized spacial score (nSPS) is 16.5. The highest BCUT2D eigenvalue weighted by Crippen LogP contribution is 2.34. The minimum Gasteiger partial charge on any atom is -0.479 e. The summed E-state index contributed by atoms with van der Waals surface area (Å²) in [4.78, 5) is 11.0. The lowest BCUT2D eigenvalue weighted by atomic mass is 10.1. The number of carbonyl (C=O) groups is 1. The van der Waals surface area contributed by atoms with Gasteiger partial charge in [-0.25, -0.2) is 4.79 Å². The van der Waals surface area contributed by atoms with Crippen LogP contribution in [0.2, 0.25) is 0 Å². The highest BCUT2D eigenvalue weighted by atomic mass is 16.5. The van der Waals surface area contributed by atoms with Crippen LogP contribution < -0.4 is 10.4 Å². The molecule has 0 amide bonds. The SMILES string of the molecule is COC(C(=O)O)c1ccc2c(c1)NN(C)N2C. The van der Waals surface area contributed by atoms with Gasteiger partial charge in [-0.2, -0.15) is 0 Å². The molecule has 1 heterocycles. The average Bonchev–Trinajstić information content (AvgIpc) is 2.55. The van der Waals surface area contributed by atoms with E-state index >= 15 is 0 Å². The van der Waals surface area contributed by atoms with E-state index in [0.29, 0.717) is 5.56 Å². The summed E-state index contributed by atoms with van der Waals surface area (Å²) in [6.45, 7) is 0. The van der Waals surface area contributed by atoms with E-state index in [1.54, 1.807) is 12.1 Å². The first-order valence-electron chi connectivity index (χ1n) is 5.18. The lowest BCUT2D eigenvalue weighted by Crippen LogP contribution is -2.34. The molecular weight excluding hydrogens is 222 g/mol. The number of hydrogen-bond acceptors (Lipinski definition) is 5. The van der Waals surface area contributed by atoms with Gasteiger partial charge in [0.1, 0.15) is 0 Å². The summed E-state index contributed by atoms with van der Waals surface area (Å²) in [6, 6.07) is 5.42. The molecule has 2 rings (SSSR count). The number of aliphatic carboxylic acids is 1. The van der Waals surface area contributed by atoms with Crippen molar-refractivity contribution < 1.29 is 14.6 Å². The molecule has 2 N–H and O–H groups in total. The Kier molecular flexibility index (Phi) is 2.91. The second-order valence-electron chi connectivity index (χ2n) is 3.89. The van der Waals surface area contributed by atoms with Gasteiger partial charge in [0.05, 0.1) is 11.4 Å². The molecule has 0 spiro atoms. The van der Waals surface area contributed by atoms with E-state index in [1.165, 1.54) is 7.11 Å². The molecule has 1 aromatic rings. The molecule has 0 aliphatic carbocycles. The summed E-state index contributed by atoms with van der Waals surface area (Å²) < 4.78 is 4.96. The summed E-state index contributed by atoms with van der Waals surface area (Å²) in [5.41, 5.74) is 5.60. The smallest absolute Gasteiger partial charge is 0.337 e. The fourth-order valence-electron chi connectivity index (χ4n) is 1.88. The molecular formula is C11H15N3O3. The number of carboxylic acid groups (broad SMARTS) is 1. The summed E-state index contributed by atoms with van der Waals surface area (Å²) >= 11 is 0. The van der Waals surface area contributed by atoms with E-state index in [-0.39, 0.29) is 0 Å². The number of nitrogens with zero attached hydrogens (tertiary/aromatic N) is 2. The summed E-state index contributed by atoms with van der Waals surface area (Å²) in [6.07, 6.45) is -0.932. The van der Waals surface area contributed by atoms with Gasteiger partial charge in [-0.05, 0) is 17.7 Å². The van der Waals surface area contributed by atoms with Crippen molar-refractivity contribution in [1.82, 2.24) is 5.12 Å². The van der Waals surface area contributed by atoms with Gasteiger partial charge in [0, 0.05) is 21.2 Å². The maximum atomic E-state index is 11.0. The molecule has 6 nitrogen and oxygen atoms in total. The van der Waals surface area contributed by atoms with Crippen LogP contribution in [-0.2, 0) is 9.53 Å². The van der Waals surface area contributed by atoms with Gasteiger partial charge in [-0.3, -0.25) is 10.4 Å². The van der Waals surface area contributed by atoms with E-state index in [1.807, 2.05) is 30.3 Å². The number of carboxylic acids is 1. The maximum absolute atomic E-state index is 11.0. The molecule has 0 saturated carbocycles. The Morgan fingerprint density at radius 3 is 2.76 bits per heavy atom. The van der Waals surface area contributed by atoms with Crippen molar-refractivity contribution in [2.75, 3.05) is 31.6 Å². The molecule has 1 atom stereocenters. The standard InChI is InChI=1S/C11H15N3O3/c1-13-9-5-4-7(10(17-3)11(15)16)6-8(9)12-14(13)2/h4-6,10,12H,1-3H3,(H,15,16). The third-order valence-electron chi connectivity index (χ3n) is 2.86. The molecule has 0 fully saturated rings. The summed E-state index contributed by atoms with van der Waals surface area (Å²) in [7, 11) is 5.19. The van der Waals surface area contributed by atoms with Crippen molar-refractivity contribution in [3.05, 3.63) is 23.8 Å². The molecule has 92 valence electrons. The summed E-state index contributed by atoms with van der Waals surface area (Å²) in [5, 5.41) is 12.8. The molecule has 1 aromatic carbocycles. The van der Waals surface area contributed by atoms with Crippen LogP contribution in [0.25, 0.3) is 0 Å². The first-order valence-corrected chi connectivity index (χ1v) is 5.18. The third-order valence-corrected chi connectivity index (χ3v) is 2.86. The Bertz CT molecular complexity index is 450. The Balaban J connectivity index is 2.35. The second kappa shape index (κ2) is 4.23. The van der Waals surface area contributed by atoms with Gasteiger partial charge in [0.25, 0.3) is 0 Å². The van der Waals surface area contributed by atoms with Gasteiger partial charge in [0.2, 0.25) is 0 Å². The van der Waals surface area contributed by atoms with Crippen LogP contribution in [-0.4, -0.2) is 37.4 Å². The Labute approximate surface area is 99.3 Å². The van der Waals surface area contributed by atoms with Crippen LogP contribution >= 0.6 is 0 Å². The molecule has 1 unspecified atom stereocenters. The average molecular weight is 237 g/mol. The van der Waals surface area contributed by atoms with Crippen LogP contribution in [0.15, 0.2) is 18.2 Å². The maximum Gasteiger partial charge on any atom is 0.337 e. The lowest BCUT2D eigenvalue weighted by molar-refractivity contribution is -0.148. The van der Waals surface area contributed by atoms with E-state index < -0.39 is 12.1 Å². The zero-order valence-electron chi connectivity index (χ0n) is 9.97. The van der Waals surface area contributed by atoms with Crippen molar-refractivity contribution in [2.24, 2.45) is 0 Å². The number of benzene rings is 1. The van der Waals surface area contributed by atoms with E-state index in [9.17, 15) is 4.79 Å². The molecule has 1 aliphatic heterocycles. The van der Waals surface area contributed by atoms with Crippen molar-refractivity contribution in [3.8, 4) is 0 Å². The molecule has 6 heteroatoms. The van der Waals surface area contributed by atoms with Crippen LogP contribution in [0.1, 0.15) is 11.7 Å². The summed E-state index contributed by atoms with van der Waals surface area (Å²) in [5.74, 6) is -0.993. The predicted octanol–water partition coefficient (Wildman–Crippen LogP) is 1.08. The number of hydrazine groups is 2. The number of nitrogens with one attached hydrogen (secondary N) is 1. The van der Waals surface area contributed by atoms with Crippen molar-refractivity contribution in [3.63, 3.8) is 0 Å². The first kappa shape index (κ1) is 11.7. The Morgan fingerprint density at radius 2 is 2.18 bits per heavy atom. The molecule has 0 saturated heterocycles. The fraction of sp³-hybridized carbons (Fsp3) is 0.364. The lowest BCUT2D eigenvalue weighted by Gasteiger charge is -2.19. The van der Waals surface area contributed by atoms with Crippen molar-refractivity contribution in [1.29, 1.82) is 0 Å². The molecule has 1 aliphatic rings. The number of anilines is 2. The van der Waals surface area contributed by atoms with E-state index in [0.717, 1.165) is 11.4 Å². The van der Waals surface area contributed by atoms with Gasteiger partial charge >= 0.3 is 5.97 Å². The number of ether oxygens (including phenoxy) is 1. The van der Waals surface area contributed by atoms with Gasteiger partial charge < -0.3 is 9.84 Å². The largest absolute Gasteiger partial charge is 0.479 e.